The Hall–Kier alpha value is -2.18. The van der Waals surface area contributed by atoms with Crippen LogP contribution in [0, 0.1) is 0 Å². The molecule has 7 heteroatoms. The first-order chi connectivity index (χ1) is 13.3. The van der Waals surface area contributed by atoms with Gasteiger partial charge in [-0.2, -0.15) is 0 Å². The lowest BCUT2D eigenvalue weighted by atomic mass is 9.97. The lowest BCUT2D eigenvalue weighted by Gasteiger charge is -2.18. The molecule has 0 aliphatic rings. The fourth-order valence-electron chi connectivity index (χ4n) is 2.61. The molecule has 1 aromatic heterocycles. The zero-order valence-corrected chi connectivity index (χ0v) is 17.7. The number of anilines is 1. The predicted octanol–water partition coefficient (Wildman–Crippen LogP) is 5.45. The summed E-state index contributed by atoms with van der Waals surface area (Å²) in [5.41, 5.74) is 1.76. The van der Waals surface area contributed by atoms with Crippen LogP contribution < -0.4 is 5.32 Å². The lowest BCUT2D eigenvalue weighted by Crippen LogP contribution is -2.30. The van der Waals surface area contributed by atoms with Crippen LogP contribution in [-0.2, 0) is 14.3 Å². The number of ketones is 1. The number of benzene rings is 1. The van der Waals surface area contributed by atoms with E-state index in [-0.39, 0.29) is 18.6 Å². The molecule has 1 amide bonds. The third-order valence-electron chi connectivity index (χ3n) is 4.44. The van der Waals surface area contributed by atoms with Crippen molar-refractivity contribution < 1.29 is 19.1 Å². The number of nitrogens with one attached hydrogen (secondary N) is 1. The van der Waals surface area contributed by atoms with Crippen LogP contribution in [0.1, 0.15) is 61.2 Å². The molecule has 1 aromatic carbocycles. The van der Waals surface area contributed by atoms with E-state index in [0.717, 1.165) is 17.7 Å². The highest BCUT2D eigenvalue weighted by Gasteiger charge is 2.20. The highest BCUT2D eigenvalue weighted by Crippen LogP contribution is 2.27. The van der Waals surface area contributed by atoms with E-state index in [0.29, 0.717) is 15.1 Å². The first-order valence-corrected chi connectivity index (χ1v) is 10.4. The quantitative estimate of drug-likeness (QED) is 0.431. The predicted molar refractivity (Wildman–Crippen MR) is 112 cm³/mol. The summed E-state index contributed by atoms with van der Waals surface area (Å²) in [6.45, 7) is 5.69. The molecule has 0 saturated carbocycles. The topological polar surface area (TPSA) is 72.5 Å². The Balaban J connectivity index is 1.86. The highest BCUT2D eigenvalue weighted by atomic mass is 35.5. The van der Waals surface area contributed by atoms with Crippen LogP contribution in [0.5, 0.6) is 0 Å². The molecule has 0 spiro atoms. The highest BCUT2D eigenvalue weighted by molar-refractivity contribution is 7.18. The fraction of sp³-hybridized carbons (Fsp3) is 0.381. The Labute approximate surface area is 174 Å². The average Bonchev–Trinajstić information content (AvgIpc) is 3.12. The minimum Gasteiger partial charge on any atom is -0.453 e. The van der Waals surface area contributed by atoms with Gasteiger partial charge in [-0.15, -0.1) is 11.3 Å². The third-order valence-corrected chi connectivity index (χ3v) is 5.72. The van der Waals surface area contributed by atoms with Crippen LogP contribution in [0.4, 0.5) is 5.69 Å². The zero-order chi connectivity index (χ0) is 20.7. The number of Topliss-reactive ketones (excluding diaryl/α,β-unsaturated/α-hetero) is 1. The van der Waals surface area contributed by atoms with Crippen molar-refractivity contribution in [3.8, 4) is 0 Å². The van der Waals surface area contributed by atoms with Crippen molar-refractivity contribution >= 4 is 46.3 Å². The summed E-state index contributed by atoms with van der Waals surface area (Å²) < 4.78 is 5.70. The molecule has 1 N–H and O–H groups in total. The van der Waals surface area contributed by atoms with Crippen LogP contribution in [0.25, 0.3) is 0 Å². The molecule has 2 atom stereocenters. The molecule has 150 valence electrons. The van der Waals surface area contributed by atoms with Crippen molar-refractivity contribution in [1.82, 2.24) is 0 Å². The van der Waals surface area contributed by atoms with Crippen molar-refractivity contribution in [2.75, 3.05) is 5.32 Å². The number of halogens is 1. The van der Waals surface area contributed by atoms with Gasteiger partial charge in [-0.1, -0.05) is 43.6 Å². The van der Waals surface area contributed by atoms with E-state index in [1.807, 2.05) is 24.3 Å². The minimum atomic E-state index is -0.955. The number of esters is 1. The third kappa shape index (κ3) is 6.17. The summed E-state index contributed by atoms with van der Waals surface area (Å²) in [6, 6.07) is 10.9. The Morgan fingerprint density at radius 3 is 2.46 bits per heavy atom. The molecule has 2 aromatic rings. The van der Waals surface area contributed by atoms with E-state index in [4.69, 9.17) is 16.3 Å². The maximum atomic E-state index is 12.4. The number of amides is 1. The molecular formula is C21H24ClNO4S. The largest absolute Gasteiger partial charge is 0.453 e. The molecule has 0 radical (unpaired) electrons. The van der Waals surface area contributed by atoms with Gasteiger partial charge in [0, 0.05) is 12.1 Å². The number of hydrogen-bond donors (Lipinski definition) is 1. The Kier molecular flexibility index (Phi) is 8.20. The van der Waals surface area contributed by atoms with Crippen LogP contribution in [-0.4, -0.2) is 23.8 Å². The average molecular weight is 422 g/mol. The molecule has 0 aliphatic heterocycles. The van der Waals surface area contributed by atoms with Crippen molar-refractivity contribution in [3.63, 3.8) is 0 Å². The zero-order valence-electron chi connectivity index (χ0n) is 16.2. The number of para-hydroxylation sites is 1. The number of rotatable bonds is 9. The summed E-state index contributed by atoms with van der Waals surface area (Å²) in [6.07, 6.45) is -0.0826. The van der Waals surface area contributed by atoms with Gasteiger partial charge in [0.2, 0.25) is 0 Å². The van der Waals surface area contributed by atoms with Gasteiger partial charge in [0.15, 0.2) is 11.9 Å². The summed E-state index contributed by atoms with van der Waals surface area (Å²) >= 11 is 6.98. The Bertz CT molecular complexity index is 848. The number of thiophene rings is 1. The number of carbonyl (C=O) groups is 3. The van der Waals surface area contributed by atoms with Gasteiger partial charge in [-0.05, 0) is 43.0 Å². The second-order valence-electron chi connectivity index (χ2n) is 6.54. The summed E-state index contributed by atoms with van der Waals surface area (Å²) in [4.78, 5) is 36.9. The molecule has 5 nitrogen and oxygen atoms in total. The van der Waals surface area contributed by atoms with Crippen LogP contribution in [0.2, 0.25) is 4.34 Å². The molecule has 0 aliphatic carbocycles. The number of ether oxygens (including phenoxy) is 1. The van der Waals surface area contributed by atoms with Crippen molar-refractivity contribution in [3.05, 3.63) is 51.2 Å². The van der Waals surface area contributed by atoms with Gasteiger partial charge in [0.05, 0.1) is 15.6 Å². The lowest BCUT2D eigenvalue weighted by molar-refractivity contribution is -0.153. The van der Waals surface area contributed by atoms with Crippen molar-refractivity contribution in [1.29, 1.82) is 0 Å². The van der Waals surface area contributed by atoms with Crippen LogP contribution in [0.3, 0.4) is 0 Å². The van der Waals surface area contributed by atoms with E-state index in [2.05, 4.69) is 19.2 Å². The van der Waals surface area contributed by atoms with E-state index in [1.165, 1.54) is 18.3 Å². The molecule has 0 saturated heterocycles. The first-order valence-electron chi connectivity index (χ1n) is 9.19. The van der Waals surface area contributed by atoms with Crippen molar-refractivity contribution in [2.24, 2.45) is 0 Å². The molecule has 0 bridgehead atoms. The van der Waals surface area contributed by atoms with E-state index < -0.39 is 18.0 Å². The van der Waals surface area contributed by atoms with Gasteiger partial charge >= 0.3 is 5.97 Å². The van der Waals surface area contributed by atoms with Gasteiger partial charge in [0.1, 0.15) is 0 Å². The SMILES string of the molecule is CC[C@H](C)c1ccccc1NC(=O)[C@@H](C)OC(=O)CCC(=O)c1ccc(Cl)s1. The Morgan fingerprint density at radius 1 is 1.11 bits per heavy atom. The van der Waals surface area contributed by atoms with E-state index >= 15 is 0 Å². The molecule has 1 heterocycles. The van der Waals surface area contributed by atoms with Gasteiger partial charge < -0.3 is 10.1 Å². The van der Waals surface area contributed by atoms with Crippen LogP contribution >= 0.6 is 22.9 Å². The fourth-order valence-corrected chi connectivity index (χ4v) is 3.62. The first kappa shape index (κ1) is 22.1. The van der Waals surface area contributed by atoms with Gasteiger partial charge in [-0.25, -0.2) is 0 Å². The normalized spacial score (nSPS) is 12.9. The maximum absolute atomic E-state index is 12.4. The standard InChI is InChI=1S/C21H24ClNO4S/c1-4-13(2)15-7-5-6-8-16(15)23-21(26)14(3)27-20(25)12-9-17(24)18-10-11-19(22)28-18/h5-8,10-11,13-14H,4,9,12H2,1-3H3,(H,23,26)/t13-,14+/m0/s1. The maximum Gasteiger partial charge on any atom is 0.307 e. The van der Waals surface area contributed by atoms with Gasteiger partial charge in [0.25, 0.3) is 5.91 Å². The smallest absolute Gasteiger partial charge is 0.307 e. The summed E-state index contributed by atoms with van der Waals surface area (Å²) in [5, 5.41) is 2.83. The summed E-state index contributed by atoms with van der Waals surface area (Å²) in [5.74, 6) is -0.867. The second-order valence-corrected chi connectivity index (χ2v) is 8.26. The van der Waals surface area contributed by atoms with Crippen molar-refractivity contribution in [2.45, 2.75) is 52.1 Å². The second kappa shape index (κ2) is 10.4. The Morgan fingerprint density at radius 2 is 1.82 bits per heavy atom. The summed E-state index contributed by atoms with van der Waals surface area (Å²) in [7, 11) is 0. The molecule has 0 fully saturated rings. The molecule has 2 rings (SSSR count). The molecule has 28 heavy (non-hydrogen) atoms. The van der Waals surface area contributed by atoms with Gasteiger partial charge in [-0.3, -0.25) is 14.4 Å². The molecular weight excluding hydrogens is 398 g/mol. The van der Waals surface area contributed by atoms with E-state index in [1.54, 1.807) is 12.1 Å². The number of hydrogen-bond acceptors (Lipinski definition) is 5. The minimum absolute atomic E-state index is 0.0147. The number of carbonyl (C=O) groups excluding carboxylic acids is 3. The van der Waals surface area contributed by atoms with E-state index in [9.17, 15) is 14.4 Å². The van der Waals surface area contributed by atoms with Crippen LogP contribution in [0.15, 0.2) is 36.4 Å². The monoisotopic (exact) mass is 421 g/mol. The molecule has 0 unspecified atom stereocenters.